The molecule has 0 atom stereocenters. The van der Waals surface area contributed by atoms with Gasteiger partial charge in [-0.25, -0.2) is 16.8 Å². The fourth-order valence-electron chi connectivity index (χ4n) is 2.71. The lowest BCUT2D eigenvalue weighted by atomic mass is 10.1. The Labute approximate surface area is 166 Å². The standard InChI is InChI=1S/C19H24N2O5S2/c1-5-21(6-2)28(25,26)18-13-15(8-7-14(18)3)19(22)20-16-9-11-17(12-10-16)27(4,23)24/h7-13H,5-6H2,1-4H3,(H,20,22). The van der Waals surface area contributed by atoms with E-state index in [0.29, 0.717) is 24.3 Å². The Balaban J connectivity index is 2.32. The Morgan fingerprint density at radius 2 is 1.54 bits per heavy atom. The first-order chi connectivity index (χ1) is 13.0. The van der Waals surface area contributed by atoms with Gasteiger partial charge < -0.3 is 5.32 Å². The Bertz CT molecular complexity index is 1070. The molecule has 0 aliphatic rings. The van der Waals surface area contributed by atoms with Gasteiger partial charge in [-0.15, -0.1) is 0 Å². The quantitative estimate of drug-likeness (QED) is 0.736. The SMILES string of the molecule is CCN(CC)S(=O)(=O)c1cc(C(=O)Nc2ccc(S(C)(=O)=O)cc2)ccc1C. The molecule has 0 bridgehead atoms. The van der Waals surface area contributed by atoms with E-state index in [9.17, 15) is 21.6 Å². The lowest BCUT2D eigenvalue weighted by Gasteiger charge is -2.20. The van der Waals surface area contributed by atoms with Crippen LogP contribution in [0.15, 0.2) is 52.3 Å². The van der Waals surface area contributed by atoms with E-state index in [4.69, 9.17) is 0 Å². The van der Waals surface area contributed by atoms with E-state index in [1.165, 1.54) is 34.6 Å². The molecule has 0 aromatic heterocycles. The van der Waals surface area contributed by atoms with E-state index >= 15 is 0 Å². The van der Waals surface area contributed by atoms with Gasteiger partial charge in [-0.05, 0) is 48.9 Å². The van der Waals surface area contributed by atoms with E-state index in [0.717, 1.165) is 6.26 Å². The Morgan fingerprint density at radius 1 is 0.964 bits per heavy atom. The Kier molecular flexibility index (Phi) is 6.63. The van der Waals surface area contributed by atoms with Crippen molar-refractivity contribution in [2.45, 2.75) is 30.6 Å². The number of benzene rings is 2. The van der Waals surface area contributed by atoms with Crippen LogP contribution in [-0.2, 0) is 19.9 Å². The molecule has 1 N–H and O–H groups in total. The summed E-state index contributed by atoms with van der Waals surface area (Å²) in [6.45, 7) is 5.87. The highest BCUT2D eigenvalue weighted by atomic mass is 32.2. The number of rotatable bonds is 7. The molecule has 2 aromatic rings. The summed E-state index contributed by atoms with van der Waals surface area (Å²) in [5.41, 5.74) is 1.16. The molecule has 0 saturated heterocycles. The van der Waals surface area contributed by atoms with Gasteiger partial charge in [0.2, 0.25) is 10.0 Å². The Hall–Kier alpha value is -2.23. The first-order valence-electron chi connectivity index (χ1n) is 8.73. The number of aryl methyl sites for hydroxylation is 1. The van der Waals surface area contributed by atoms with Crippen LogP contribution in [0.3, 0.4) is 0 Å². The van der Waals surface area contributed by atoms with Crippen molar-refractivity contribution in [1.29, 1.82) is 0 Å². The van der Waals surface area contributed by atoms with Gasteiger partial charge in [0.1, 0.15) is 0 Å². The lowest BCUT2D eigenvalue weighted by molar-refractivity contribution is 0.102. The summed E-state index contributed by atoms with van der Waals surface area (Å²) in [5.74, 6) is -0.483. The summed E-state index contributed by atoms with van der Waals surface area (Å²) in [6, 6.07) is 10.3. The van der Waals surface area contributed by atoms with Crippen LogP contribution in [0.2, 0.25) is 0 Å². The zero-order valence-corrected chi connectivity index (χ0v) is 17.9. The van der Waals surface area contributed by atoms with Gasteiger partial charge in [-0.3, -0.25) is 4.79 Å². The molecule has 2 rings (SSSR count). The maximum Gasteiger partial charge on any atom is 0.255 e. The largest absolute Gasteiger partial charge is 0.322 e. The van der Waals surface area contributed by atoms with E-state index in [1.807, 2.05) is 0 Å². The number of carbonyl (C=O) groups excluding carboxylic acids is 1. The van der Waals surface area contributed by atoms with Gasteiger partial charge in [-0.2, -0.15) is 4.31 Å². The first kappa shape index (κ1) is 22.1. The lowest BCUT2D eigenvalue weighted by Crippen LogP contribution is -2.31. The molecule has 0 spiro atoms. The van der Waals surface area contributed by atoms with Crippen LogP contribution in [0, 0.1) is 6.92 Å². The number of hydrogen-bond acceptors (Lipinski definition) is 5. The number of sulfone groups is 1. The van der Waals surface area contributed by atoms with Gasteiger partial charge in [-0.1, -0.05) is 19.9 Å². The van der Waals surface area contributed by atoms with Gasteiger partial charge >= 0.3 is 0 Å². The molecule has 2 aromatic carbocycles. The average molecular weight is 425 g/mol. The highest BCUT2D eigenvalue weighted by Gasteiger charge is 2.24. The molecule has 0 saturated carbocycles. The monoisotopic (exact) mass is 424 g/mol. The van der Waals surface area contributed by atoms with Gasteiger partial charge in [0.25, 0.3) is 5.91 Å². The minimum Gasteiger partial charge on any atom is -0.322 e. The number of carbonyl (C=O) groups is 1. The van der Waals surface area contributed by atoms with Crippen molar-refractivity contribution in [2.75, 3.05) is 24.7 Å². The fourth-order valence-corrected chi connectivity index (χ4v) is 5.05. The smallest absolute Gasteiger partial charge is 0.255 e. The zero-order chi connectivity index (χ0) is 21.1. The number of sulfonamides is 1. The third kappa shape index (κ3) is 4.78. The van der Waals surface area contributed by atoms with Crippen molar-refractivity contribution in [3.63, 3.8) is 0 Å². The van der Waals surface area contributed by atoms with Crippen LogP contribution in [0.4, 0.5) is 5.69 Å². The van der Waals surface area contributed by atoms with E-state index in [1.54, 1.807) is 32.9 Å². The molecule has 7 nitrogen and oxygen atoms in total. The van der Waals surface area contributed by atoms with Crippen molar-refractivity contribution in [3.8, 4) is 0 Å². The molecule has 28 heavy (non-hydrogen) atoms. The summed E-state index contributed by atoms with van der Waals surface area (Å²) in [5, 5.41) is 2.65. The average Bonchev–Trinajstić information content (AvgIpc) is 2.62. The fraction of sp³-hybridized carbons (Fsp3) is 0.316. The topological polar surface area (TPSA) is 101 Å². The minimum absolute atomic E-state index is 0.0938. The molecule has 9 heteroatoms. The number of nitrogens with zero attached hydrogens (tertiary/aromatic N) is 1. The summed E-state index contributed by atoms with van der Waals surface area (Å²) >= 11 is 0. The van der Waals surface area contributed by atoms with Gasteiger partial charge in [0.15, 0.2) is 9.84 Å². The van der Waals surface area contributed by atoms with Gasteiger partial charge in [0, 0.05) is 30.6 Å². The summed E-state index contributed by atoms with van der Waals surface area (Å²) in [4.78, 5) is 12.8. The van der Waals surface area contributed by atoms with Crippen LogP contribution in [0.1, 0.15) is 29.8 Å². The number of amides is 1. The number of anilines is 1. The predicted octanol–water partition coefficient (Wildman–Crippen LogP) is 2.68. The molecule has 0 fully saturated rings. The molecule has 152 valence electrons. The Morgan fingerprint density at radius 3 is 2.04 bits per heavy atom. The van der Waals surface area contributed by atoms with E-state index in [2.05, 4.69) is 5.32 Å². The van der Waals surface area contributed by atoms with E-state index in [-0.39, 0.29) is 15.4 Å². The maximum absolute atomic E-state index is 12.8. The molecular weight excluding hydrogens is 400 g/mol. The second-order valence-corrected chi connectivity index (χ2v) is 10.2. The third-order valence-corrected chi connectivity index (χ3v) is 7.63. The summed E-state index contributed by atoms with van der Waals surface area (Å²) in [6.07, 6.45) is 1.10. The molecule has 1 amide bonds. The number of nitrogens with one attached hydrogen (secondary N) is 1. The molecular formula is C19H24N2O5S2. The maximum atomic E-state index is 12.8. The summed E-state index contributed by atoms with van der Waals surface area (Å²) < 4.78 is 50.0. The molecule has 0 aliphatic carbocycles. The zero-order valence-electron chi connectivity index (χ0n) is 16.3. The van der Waals surface area contributed by atoms with Crippen molar-refractivity contribution < 1.29 is 21.6 Å². The van der Waals surface area contributed by atoms with Crippen molar-refractivity contribution in [2.24, 2.45) is 0 Å². The van der Waals surface area contributed by atoms with Gasteiger partial charge in [0.05, 0.1) is 9.79 Å². The summed E-state index contributed by atoms with van der Waals surface area (Å²) in [7, 11) is -7.02. The number of hydrogen-bond donors (Lipinski definition) is 1. The van der Waals surface area contributed by atoms with Crippen molar-refractivity contribution in [1.82, 2.24) is 4.31 Å². The minimum atomic E-state index is -3.70. The van der Waals surface area contributed by atoms with Crippen LogP contribution in [-0.4, -0.2) is 46.4 Å². The highest BCUT2D eigenvalue weighted by molar-refractivity contribution is 7.90. The molecule has 0 heterocycles. The normalized spacial score (nSPS) is 12.2. The third-order valence-electron chi connectivity index (χ3n) is 4.31. The molecule has 0 radical (unpaired) electrons. The molecule has 0 aliphatic heterocycles. The van der Waals surface area contributed by atoms with Crippen molar-refractivity contribution >= 4 is 31.5 Å². The van der Waals surface area contributed by atoms with E-state index < -0.39 is 25.8 Å². The highest BCUT2D eigenvalue weighted by Crippen LogP contribution is 2.22. The predicted molar refractivity (Wildman–Crippen MR) is 109 cm³/mol. The van der Waals surface area contributed by atoms with Crippen LogP contribution in [0.25, 0.3) is 0 Å². The van der Waals surface area contributed by atoms with Crippen LogP contribution >= 0.6 is 0 Å². The second-order valence-electron chi connectivity index (χ2n) is 6.32. The molecule has 0 unspecified atom stereocenters. The second kappa shape index (κ2) is 8.42. The van der Waals surface area contributed by atoms with Crippen LogP contribution < -0.4 is 5.32 Å². The van der Waals surface area contributed by atoms with Crippen molar-refractivity contribution in [3.05, 3.63) is 53.6 Å². The first-order valence-corrected chi connectivity index (χ1v) is 12.1. The van der Waals surface area contributed by atoms with Crippen LogP contribution in [0.5, 0.6) is 0 Å².